The first kappa shape index (κ1) is 10.6. The molecule has 0 aromatic carbocycles. The lowest BCUT2D eigenvalue weighted by Crippen LogP contribution is -2.46. The molecule has 0 aliphatic carbocycles. The van der Waals surface area contributed by atoms with Gasteiger partial charge in [0.2, 0.25) is 0 Å². The second-order valence-electron chi connectivity index (χ2n) is 3.15. The van der Waals surface area contributed by atoms with Crippen molar-refractivity contribution in [2.24, 2.45) is 0 Å². The molecular weight excluding hydrogens is 142 g/mol. The largest absolute Gasteiger partial charge is 0.391 e. The van der Waals surface area contributed by atoms with Crippen molar-refractivity contribution in [1.82, 2.24) is 5.32 Å². The van der Waals surface area contributed by atoms with Gasteiger partial charge in [0.1, 0.15) is 5.78 Å². The molecule has 0 saturated heterocycles. The van der Waals surface area contributed by atoms with Crippen LogP contribution in [0.15, 0.2) is 0 Å². The van der Waals surface area contributed by atoms with Crippen LogP contribution in [-0.4, -0.2) is 29.1 Å². The summed E-state index contributed by atoms with van der Waals surface area (Å²) in [7, 11) is 0. The Labute approximate surface area is 67.8 Å². The number of hydrogen-bond acceptors (Lipinski definition) is 3. The van der Waals surface area contributed by atoms with Crippen LogP contribution in [0.2, 0.25) is 0 Å². The molecule has 66 valence electrons. The first-order valence-electron chi connectivity index (χ1n) is 3.89. The first-order valence-corrected chi connectivity index (χ1v) is 3.89. The van der Waals surface area contributed by atoms with Crippen LogP contribution in [0.1, 0.15) is 27.7 Å². The van der Waals surface area contributed by atoms with Crippen LogP contribution in [0.3, 0.4) is 0 Å². The normalized spacial score (nSPS) is 16.5. The molecule has 11 heavy (non-hydrogen) atoms. The van der Waals surface area contributed by atoms with E-state index in [1.807, 2.05) is 13.8 Å². The topological polar surface area (TPSA) is 49.3 Å². The quantitative estimate of drug-likeness (QED) is 0.621. The van der Waals surface area contributed by atoms with Crippen molar-refractivity contribution < 1.29 is 9.90 Å². The summed E-state index contributed by atoms with van der Waals surface area (Å²) in [6, 6.07) is -0.200. The van der Waals surface area contributed by atoms with E-state index < -0.39 is 12.1 Å². The van der Waals surface area contributed by atoms with Gasteiger partial charge in [-0.05, 0) is 13.8 Å². The van der Waals surface area contributed by atoms with E-state index in [1.165, 1.54) is 6.92 Å². The summed E-state index contributed by atoms with van der Waals surface area (Å²) in [5.41, 5.74) is 0. The molecule has 0 aromatic rings. The van der Waals surface area contributed by atoms with Crippen LogP contribution in [0.25, 0.3) is 0 Å². The van der Waals surface area contributed by atoms with Crippen LogP contribution >= 0.6 is 0 Å². The fourth-order valence-electron chi connectivity index (χ4n) is 0.955. The Morgan fingerprint density at radius 2 is 1.82 bits per heavy atom. The lowest BCUT2D eigenvalue weighted by Gasteiger charge is -2.20. The minimum absolute atomic E-state index is 0.0197. The monoisotopic (exact) mass is 159 g/mol. The highest BCUT2D eigenvalue weighted by Crippen LogP contribution is 1.95. The molecule has 2 N–H and O–H groups in total. The first-order chi connectivity index (χ1) is 4.95. The molecule has 0 amide bonds. The number of nitrogens with one attached hydrogen (secondary N) is 1. The molecule has 0 aromatic heterocycles. The van der Waals surface area contributed by atoms with Crippen molar-refractivity contribution in [3.05, 3.63) is 0 Å². The van der Waals surface area contributed by atoms with Gasteiger partial charge in [0.25, 0.3) is 0 Å². The van der Waals surface area contributed by atoms with Crippen LogP contribution in [0.4, 0.5) is 0 Å². The van der Waals surface area contributed by atoms with Gasteiger partial charge in [0.15, 0.2) is 0 Å². The van der Waals surface area contributed by atoms with E-state index in [1.54, 1.807) is 6.92 Å². The maximum absolute atomic E-state index is 10.9. The van der Waals surface area contributed by atoms with Crippen molar-refractivity contribution in [1.29, 1.82) is 0 Å². The molecule has 0 bridgehead atoms. The number of aliphatic hydroxyl groups is 1. The third-order valence-electron chi connectivity index (χ3n) is 1.43. The molecule has 0 fully saturated rings. The highest BCUT2D eigenvalue weighted by atomic mass is 16.3. The predicted molar refractivity (Wildman–Crippen MR) is 44.4 cm³/mol. The Hall–Kier alpha value is -0.410. The number of rotatable bonds is 4. The van der Waals surface area contributed by atoms with Gasteiger partial charge < -0.3 is 10.4 Å². The number of hydrogen-bond donors (Lipinski definition) is 2. The van der Waals surface area contributed by atoms with Crippen LogP contribution in [0.5, 0.6) is 0 Å². The average Bonchev–Trinajstić information content (AvgIpc) is 1.81. The fraction of sp³-hybridized carbons (Fsp3) is 0.875. The Kier molecular flexibility index (Phi) is 4.30. The van der Waals surface area contributed by atoms with Crippen molar-refractivity contribution in [2.45, 2.75) is 45.9 Å². The lowest BCUT2D eigenvalue weighted by atomic mass is 10.1. The summed E-state index contributed by atoms with van der Waals surface area (Å²) in [6.07, 6.45) is -0.616. The molecular formula is C8H17NO2. The summed E-state index contributed by atoms with van der Waals surface area (Å²) in [4.78, 5) is 10.9. The fourth-order valence-corrected chi connectivity index (χ4v) is 0.955. The van der Waals surface area contributed by atoms with Crippen LogP contribution in [-0.2, 0) is 4.79 Å². The molecule has 3 nitrogen and oxygen atoms in total. The highest BCUT2D eigenvalue weighted by molar-refractivity contribution is 5.82. The van der Waals surface area contributed by atoms with E-state index in [9.17, 15) is 4.79 Å². The van der Waals surface area contributed by atoms with Crippen molar-refractivity contribution >= 4 is 5.78 Å². The van der Waals surface area contributed by atoms with Gasteiger partial charge in [-0.2, -0.15) is 0 Å². The van der Waals surface area contributed by atoms with E-state index >= 15 is 0 Å². The Morgan fingerprint density at radius 3 is 1.91 bits per heavy atom. The lowest BCUT2D eigenvalue weighted by molar-refractivity contribution is -0.121. The summed E-state index contributed by atoms with van der Waals surface area (Å²) < 4.78 is 0. The number of aliphatic hydroxyl groups excluding tert-OH is 1. The minimum atomic E-state index is -0.616. The van der Waals surface area contributed by atoms with Gasteiger partial charge in [-0.25, -0.2) is 0 Å². The summed E-state index contributed by atoms with van der Waals surface area (Å²) in [5.74, 6) is -0.0197. The smallest absolute Gasteiger partial charge is 0.149 e. The summed E-state index contributed by atoms with van der Waals surface area (Å²) in [6.45, 7) is 6.98. The summed E-state index contributed by atoms with van der Waals surface area (Å²) in [5, 5.41) is 12.1. The molecule has 0 saturated carbocycles. The van der Waals surface area contributed by atoms with Gasteiger partial charge >= 0.3 is 0 Å². The molecule has 0 spiro atoms. The Bertz CT molecular complexity index is 132. The van der Waals surface area contributed by atoms with E-state index in [4.69, 9.17) is 5.11 Å². The predicted octanol–water partition coefficient (Wildman–Crippen LogP) is 0.323. The molecule has 2 atom stereocenters. The van der Waals surface area contributed by atoms with Crippen molar-refractivity contribution in [3.8, 4) is 0 Å². The third-order valence-corrected chi connectivity index (χ3v) is 1.43. The van der Waals surface area contributed by atoms with E-state index in [2.05, 4.69) is 5.32 Å². The van der Waals surface area contributed by atoms with E-state index in [0.717, 1.165) is 0 Å². The zero-order valence-electron chi connectivity index (χ0n) is 7.59. The van der Waals surface area contributed by atoms with Crippen molar-refractivity contribution in [2.75, 3.05) is 0 Å². The molecule has 0 heterocycles. The van der Waals surface area contributed by atoms with Gasteiger partial charge in [-0.15, -0.1) is 0 Å². The van der Waals surface area contributed by atoms with Gasteiger partial charge in [-0.1, -0.05) is 13.8 Å². The molecule has 0 aliphatic rings. The molecule has 0 aliphatic heterocycles. The highest BCUT2D eigenvalue weighted by Gasteiger charge is 2.19. The number of Topliss-reactive ketones (excluding diaryl/α,β-unsaturated/α-hetero) is 1. The van der Waals surface area contributed by atoms with E-state index in [0.29, 0.717) is 0 Å². The Morgan fingerprint density at radius 1 is 1.36 bits per heavy atom. The average molecular weight is 159 g/mol. The Balaban J connectivity index is 4.01. The maximum Gasteiger partial charge on any atom is 0.149 e. The van der Waals surface area contributed by atoms with E-state index in [-0.39, 0.29) is 11.8 Å². The zero-order valence-corrected chi connectivity index (χ0v) is 7.59. The minimum Gasteiger partial charge on any atom is -0.391 e. The van der Waals surface area contributed by atoms with Crippen LogP contribution < -0.4 is 5.32 Å². The third kappa shape index (κ3) is 4.11. The second-order valence-corrected chi connectivity index (χ2v) is 3.15. The second kappa shape index (κ2) is 4.46. The summed E-state index contributed by atoms with van der Waals surface area (Å²) >= 11 is 0. The molecule has 0 radical (unpaired) electrons. The maximum atomic E-state index is 10.9. The van der Waals surface area contributed by atoms with Gasteiger partial charge in [-0.3, -0.25) is 4.79 Å². The zero-order chi connectivity index (χ0) is 9.02. The number of carbonyl (C=O) groups is 1. The molecule has 3 heteroatoms. The SMILES string of the molecule is CC(=O)C(NC(C)C)C(C)O. The van der Waals surface area contributed by atoms with Gasteiger partial charge in [0.05, 0.1) is 12.1 Å². The number of carbonyl (C=O) groups excluding carboxylic acids is 1. The molecule has 2 unspecified atom stereocenters. The van der Waals surface area contributed by atoms with Crippen molar-refractivity contribution in [3.63, 3.8) is 0 Å². The number of ketones is 1. The van der Waals surface area contributed by atoms with Gasteiger partial charge in [0, 0.05) is 6.04 Å². The standard InChI is InChI=1S/C8H17NO2/c1-5(2)9-8(6(3)10)7(4)11/h5-6,8-10H,1-4H3. The molecule has 0 rings (SSSR count). The van der Waals surface area contributed by atoms with Crippen LogP contribution in [0, 0.1) is 0 Å².